The van der Waals surface area contributed by atoms with E-state index < -0.39 is 0 Å². The van der Waals surface area contributed by atoms with Crippen molar-refractivity contribution in [2.45, 2.75) is 32.4 Å². The first-order valence-corrected chi connectivity index (χ1v) is 11.0. The molecule has 1 unspecified atom stereocenters. The highest BCUT2D eigenvalue weighted by Gasteiger charge is 2.30. The lowest BCUT2D eigenvalue weighted by atomic mass is 10.0. The topological polar surface area (TPSA) is 95.1 Å². The molecule has 2 aromatic carbocycles. The van der Waals surface area contributed by atoms with E-state index in [4.69, 9.17) is 4.74 Å². The van der Waals surface area contributed by atoms with Crippen molar-refractivity contribution in [1.29, 1.82) is 0 Å². The minimum atomic E-state index is -0.382. The average molecular weight is 444 g/mol. The zero-order valence-corrected chi connectivity index (χ0v) is 18.3. The molecule has 1 atom stereocenters. The normalized spacial score (nSPS) is 15.8. The standard InChI is InChI=1S/C24H24N6O3/c1-2-33-19-12-10-17(11-13-19)20-9-6-14-29(20)21(31)15-28-16-25-23-22(24(28)32)26-27-30(23)18-7-4-3-5-8-18/h3-5,7-8,10-13,16,20H,2,6,9,14-15H2,1H3. The number of likely N-dealkylation sites (tertiary alicyclic amines) is 1. The number of carbonyl (C=O) groups is 1. The third kappa shape index (κ3) is 3.97. The molecule has 0 aliphatic carbocycles. The molecule has 9 heteroatoms. The molecule has 4 aromatic rings. The predicted octanol–water partition coefficient (Wildman–Crippen LogP) is 2.74. The summed E-state index contributed by atoms with van der Waals surface area (Å²) in [5, 5.41) is 8.11. The zero-order chi connectivity index (χ0) is 22.8. The van der Waals surface area contributed by atoms with Crippen LogP contribution in [0, 0.1) is 0 Å². The van der Waals surface area contributed by atoms with Crippen LogP contribution < -0.4 is 10.3 Å². The molecular formula is C24H24N6O3. The van der Waals surface area contributed by atoms with E-state index in [0.717, 1.165) is 29.8 Å². The van der Waals surface area contributed by atoms with Crippen molar-refractivity contribution in [2.75, 3.05) is 13.2 Å². The van der Waals surface area contributed by atoms with E-state index in [-0.39, 0.29) is 29.6 Å². The van der Waals surface area contributed by atoms with Crippen LogP contribution >= 0.6 is 0 Å². The average Bonchev–Trinajstić information content (AvgIpc) is 3.50. The van der Waals surface area contributed by atoms with E-state index in [1.54, 1.807) is 0 Å². The van der Waals surface area contributed by atoms with Crippen LogP contribution in [0.5, 0.6) is 5.75 Å². The fourth-order valence-electron chi connectivity index (χ4n) is 4.30. The number of nitrogens with zero attached hydrogens (tertiary/aromatic N) is 6. The highest BCUT2D eigenvalue weighted by molar-refractivity contribution is 5.77. The van der Waals surface area contributed by atoms with Crippen LogP contribution in [-0.2, 0) is 11.3 Å². The Labute approximate surface area is 190 Å². The maximum Gasteiger partial charge on any atom is 0.284 e. The molecule has 3 heterocycles. The van der Waals surface area contributed by atoms with Gasteiger partial charge in [0.15, 0.2) is 11.2 Å². The third-order valence-corrected chi connectivity index (χ3v) is 5.88. The van der Waals surface area contributed by atoms with Gasteiger partial charge in [-0.05, 0) is 49.6 Å². The molecule has 1 fully saturated rings. The zero-order valence-electron chi connectivity index (χ0n) is 18.3. The van der Waals surface area contributed by atoms with Crippen LogP contribution in [0.15, 0.2) is 65.7 Å². The summed E-state index contributed by atoms with van der Waals surface area (Å²) in [6.45, 7) is 3.13. The molecule has 0 saturated carbocycles. The smallest absolute Gasteiger partial charge is 0.284 e. The molecule has 1 saturated heterocycles. The van der Waals surface area contributed by atoms with E-state index in [9.17, 15) is 9.59 Å². The van der Waals surface area contributed by atoms with Gasteiger partial charge < -0.3 is 9.64 Å². The Bertz CT molecular complexity index is 1330. The molecule has 0 radical (unpaired) electrons. The number of benzene rings is 2. The van der Waals surface area contributed by atoms with Gasteiger partial charge in [-0.2, -0.15) is 4.68 Å². The van der Waals surface area contributed by atoms with Gasteiger partial charge in [0.05, 0.1) is 18.3 Å². The van der Waals surface area contributed by atoms with Crippen molar-refractivity contribution < 1.29 is 9.53 Å². The van der Waals surface area contributed by atoms with Crippen LogP contribution in [-0.4, -0.2) is 48.5 Å². The fourth-order valence-corrected chi connectivity index (χ4v) is 4.30. The first kappa shape index (κ1) is 20.9. The maximum absolute atomic E-state index is 13.2. The fraction of sp³-hybridized carbons (Fsp3) is 0.292. The number of carbonyl (C=O) groups excluding carboxylic acids is 1. The molecule has 168 valence electrons. The van der Waals surface area contributed by atoms with Gasteiger partial charge in [0.25, 0.3) is 5.56 Å². The number of hydrogen-bond acceptors (Lipinski definition) is 6. The first-order chi connectivity index (χ1) is 16.2. The summed E-state index contributed by atoms with van der Waals surface area (Å²) >= 11 is 0. The summed E-state index contributed by atoms with van der Waals surface area (Å²) < 4.78 is 8.34. The van der Waals surface area contributed by atoms with Gasteiger partial charge >= 0.3 is 0 Å². The second-order valence-electron chi connectivity index (χ2n) is 7.93. The summed E-state index contributed by atoms with van der Waals surface area (Å²) in [7, 11) is 0. The van der Waals surface area contributed by atoms with Crippen molar-refractivity contribution >= 4 is 17.1 Å². The molecule has 0 N–H and O–H groups in total. The SMILES string of the molecule is CCOc1ccc(C2CCCN2C(=O)Cn2cnc3c(nnn3-c3ccccc3)c2=O)cc1. The van der Waals surface area contributed by atoms with Crippen LogP contribution in [0.1, 0.15) is 31.4 Å². The molecule has 5 rings (SSSR count). The van der Waals surface area contributed by atoms with E-state index in [2.05, 4.69) is 15.3 Å². The summed E-state index contributed by atoms with van der Waals surface area (Å²) in [5.74, 6) is 0.691. The molecule has 1 amide bonds. The number of hydrogen-bond donors (Lipinski definition) is 0. The van der Waals surface area contributed by atoms with Crippen LogP contribution in [0.4, 0.5) is 0 Å². The molecule has 0 bridgehead atoms. The van der Waals surface area contributed by atoms with Crippen molar-refractivity contribution in [1.82, 2.24) is 29.4 Å². The Kier molecular flexibility index (Phi) is 5.60. The lowest BCUT2D eigenvalue weighted by molar-refractivity contribution is -0.132. The van der Waals surface area contributed by atoms with Gasteiger partial charge in [0.2, 0.25) is 5.91 Å². The van der Waals surface area contributed by atoms with Crippen molar-refractivity contribution in [2.24, 2.45) is 0 Å². The minimum Gasteiger partial charge on any atom is -0.494 e. The molecule has 1 aliphatic rings. The maximum atomic E-state index is 13.2. The molecule has 2 aromatic heterocycles. The van der Waals surface area contributed by atoms with E-state index >= 15 is 0 Å². The minimum absolute atomic E-state index is 0.0143. The van der Waals surface area contributed by atoms with Gasteiger partial charge in [-0.25, -0.2) is 4.98 Å². The molecule has 0 spiro atoms. The Hall–Kier alpha value is -4.01. The van der Waals surface area contributed by atoms with Gasteiger partial charge in [0, 0.05) is 6.54 Å². The Morgan fingerprint density at radius 2 is 1.91 bits per heavy atom. The van der Waals surface area contributed by atoms with Crippen LogP contribution in [0.25, 0.3) is 16.9 Å². The number of rotatable bonds is 6. The molecule has 33 heavy (non-hydrogen) atoms. The first-order valence-electron chi connectivity index (χ1n) is 11.0. The molecular weight excluding hydrogens is 420 g/mol. The van der Waals surface area contributed by atoms with Crippen molar-refractivity contribution in [3.63, 3.8) is 0 Å². The van der Waals surface area contributed by atoms with Gasteiger partial charge in [0.1, 0.15) is 18.6 Å². The number of fused-ring (bicyclic) bond motifs is 1. The highest BCUT2D eigenvalue weighted by Crippen LogP contribution is 2.33. The second kappa shape index (κ2) is 8.85. The number of ether oxygens (including phenoxy) is 1. The van der Waals surface area contributed by atoms with Crippen LogP contribution in [0.3, 0.4) is 0 Å². The van der Waals surface area contributed by atoms with E-state index in [1.807, 2.05) is 66.4 Å². The number of aromatic nitrogens is 5. The monoisotopic (exact) mass is 444 g/mol. The highest BCUT2D eigenvalue weighted by atomic mass is 16.5. The van der Waals surface area contributed by atoms with Crippen molar-refractivity contribution in [3.8, 4) is 11.4 Å². The Morgan fingerprint density at radius 3 is 2.67 bits per heavy atom. The van der Waals surface area contributed by atoms with Crippen molar-refractivity contribution in [3.05, 3.63) is 76.8 Å². The predicted molar refractivity (Wildman–Crippen MR) is 122 cm³/mol. The third-order valence-electron chi connectivity index (χ3n) is 5.88. The van der Waals surface area contributed by atoms with E-state index in [0.29, 0.717) is 18.8 Å². The quantitative estimate of drug-likeness (QED) is 0.454. The second-order valence-corrected chi connectivity index (χ2v) is 7.93. The van der Waals surface area contributed by atoms with Crippen LogP contribution in [0.2, 0.25) is 0 Å². The number of para-hydroxylation sites is 1. The lowest BCUT2D eigenvalue weighted by Crippen LogP contribution is -2.36. The largest absolute Gasteiger partial charge is 0.494 e. The summed E-state index contributed by atoms with van der Waals surface area (Å²) in [6, 6.07) is 17.2. The Morgan fingerprint density at radius 1 is 1.12 bits per heavy atom. The summed E-state index contributed by atoms with van der Waals surface area (Å²) in [4.78, 5) is 32.4. The van der Waals surface area contributed by atoms with Gasteiger partial charge in [-0.1, -0.05) is 35.5 Å². The lowest BCUT2D eigenvalue weighted by Gasteiger charge is -2.25. The summed E-state index contributed by atoms with van der Waals surface area (Å²) in [6.07, 6.45) is 3.20. The molecule has 9 nitrogen and oxygen atoms in total. The van der Waals surface area contributed by atoms with Gasteiger partial charge in [-0.15, -0.1) is 5.10 Å². The summed E-state index contributed by atoms with van der Waals surface area (Å²) in [5.41, 5.74) is 1.95. The number of amides is 1. The molecule has 1 aliphatic heterocycles. The van der Waals surface area contributed by atoms with Gasteiger partial charge in [-0.3, -0.25) is 14.2 Å². The van der Waals surface area contributed by atoms with E-state index in [1.165, 1.54) is 15.6 Å². The Balaban J connectivity index is 1.37.